The third kappa shape index (κ3) is 4.25. The van der Waals surface area contributed by atoms with Gasteiger partial charge in [-0.2, -0.15) is 0 Å². The molecule has 2 aromatic carbocycles. The first-order valence-electron chi connectivity index (χ1n) is 10.4. The van der Waals surface area contributed by atoms with Crippen molar-refractivity contribution in [3.63, 3.8) is 0 Å². The Kier molecular flexibility index (Phi) is 5.90. The van der Waals surface area contributed by atoms with Crippen LogP contribution in [0.4, 0.5) is 17.1 Å². The van der Waals surface area contributed by atoms with E-state index < -0.39 is 0 Å². The fourth-order valence-electron chi connectivity index (χ4n) is 4.39. The molecule has 0 unspecified atom stereocenters. The number of carbonyl (C=O) groups is 3. The predicted octanol–water partition coefficient (Wildman–Crippen LogP) is 0.691. The van der Waals surface area contributed by atoms with Crippen molar-refractivity contribution in [2.24, 2.45) is 0 Å². The van der Waals surface area contributed by atoms with Crippen LogP contribution >= 0.6 is 0 Å². The SMILES string of the molecule is COc1ccccc1N1CC[NH+]([C@H]2CC(=O)N(c3ccc(NC(C)=O)cc3)C2=O)CC1. The molecule has 8 nitrogen and oxygen atoms in total. The van der Waals surface area contributed by atoms with Crippen molar-refractivity contribution in [3.8, 4) is 5.75 Å². The van der Waals surface area contributed by atoms with Crippen molar-refractivity contribution in [3.05, 3.63) is 48.5 Å². The number of para-hydroxylation sites is 2. The van der Waals surface area contributed by atoms with Gasteiger partial charge in [-0.15, -0.1) is 0 Å². The van der Waals surface area contributed by atoms with Crippen LogP contribution in [0.1, 0.15) is 13.3 Å². The standard InChI is InChI=1S/C23H26N4O4/c1-16(28)24-17-7-9-18(10-8-17)27-22(29)15-20(23(27)30)26-13-11-25(12-14-26)19-5-3-4-6-21(19)31-2/h3-10,20H,11-15H2,1-2H3,(H,24,28)/p+1/t20-/m0/s1. The lowest BCUT2D eigenvalue weighted by Gasteiger charge is -2.36. The maximum Gasteiger partial charge on any atom is 0.292 e. The molecule has 2 heterocycles. The first-order chi connectivity index (χ1) is 15.0. The molecule has 1 atom stereocenters. The van der Waals surface area contributed by atoms with Gasteiger partial charge in [-0.3, -0.25) is 14.4 Å². The molecule has 0 aliphatic carbocycles. The second kappa shape index (κ2) is 8.77. The van der Waals surface area contributed by atoms with Crippen LogP contribution < -0.4 is 24.8 Å². The summed E-state index contributed by atoms with van der Waals surface area (Å²) in [5.41, 5.74) is 2.22. The highest BCUT2D eigenvalue weighted by Crippen LogP contribution is 2.28. The fourth-order valence-corrected chi connectivity index (χ4v) is 4.39. The van der Waals surface area contributed by atoms with Gasteiger partial charge >= 0.3 is 0 Å². The number of amides is 3. The fraction of sp³-hybridized carbons (Fsp3) is 0.348. The van der Waals surface area contributed by atoms with Crippen LogP contribution in [0.25, 0.3) is 0 Å². The Balaban J connectivity index is 1.42. The van der Waals surface area contributed by atoms with Gasteiger partial charge in [0.1, 0.15) is 5.75 Å². The molecule has 0 bridgehead atoms. The number of nitrogens with one attached hydrogen (secondary N) is 2. The number of ether oxygens (including phenoxy) is 1. The van der Waals surface area contributed by atoms with Crippen molar-refractivity contribution in [2.45, 2.75) is 19.4 Å². The van der Waals surface area contributed by atoms with Crippen LogP contribution in [0.15, 0.2) is 48.5 Å². The van der Waals surface area contributed by atoms with Crippen molar-refractivity contribution >= 4 is 34.8 Å². The molecule has 2 aliphatic heterocycles. The van der Waals surface area contributed by atoms with Gasteiger partial charge in [0.2, 0.25) is 11.8 Å². The lowest BCUT2D eigenvalue weighted by atomic mass is 10.1. The summed E-state index contributed by atoms with van der Waals surface area (Å²) < 4.78 is 5.47. The number of rotatable bonds is 5. The Bertz CT molecular complexity index is 983. The first-order valence-corrected chi connectivity index (χ1v) is 10.4. The summed E-state index contributed by atoms with van der Waals surface area (Å²) in [6, 6.07) is 14.4. The second-order valence-corrected chi connectivity index (χ2v) is 7.87. The molecule has 3 amide bonds. The number of nitrogens with zero attached hydrogens (tertiary/aromatic N) is 2. The van der Waals surface area contributed by atoms with E-state index in [1.165, 1.54) is 11.8 Å². The molecule has 2 aliphatic rings. The van der Waals surface area contributed by atoms with Gasteiger partial charge in [-0.25, -0.2) is 4.90 Å². The molecule has 2 aromatic rings. The van der Waals surface area contributed by atoms with Crippen molar-refractivity contribution in [1.82, 2.24) is 0 Å². The summed E-state index contributed by atoms with van der Waals surface area (Å²) >= 11 is 0. The van der Waals surface area contributed by atoms with Gasteiger partial charge in [-0.05, 0) is 36.4 Å². The van der Waals surface area contributed by atoms with Gasteiger partial charge in [0.25, 0.3) is 5.91 Å². The van der Waals surface area contributed by atoms with E-state index in [0.29, 0.717) is 11.4 Å². The Morgan fingerprint density at radius 1 is 1.06 bits per heavy atom. The van der Waals surface area contributed by atoms with Crippen LogP contribution in [0.5, 0.6) is 5.75 Å². The molecule has 8 heteroatoms. The van der Waals surface area contributed by atoms with Crippen LogP contribution in [-0.2, 0) is 14.4 Å². The second-order valence-electron chi connectivity index (χ2n) is 7.87. The van der Waals surface area contributed by atoms with E-state index in [2.05, 4.69) is 10.2 Å². The molecule has 2 fully saturated rings. The molecule has 2 saturated heterocycles. The monoisotopic (exact) mass is 423 g/mol. The predicted molar refractivity (Wildman–Crippen MR) is 118 cm³/mol. The van der Waals surface area contributed by atoms with E-state index in [4.69, 9.17) is 4.74 Å². The summed E-state index contributed by atoms with van der Waals surface area (Å²) in [5, 5.41) is 2.69. The zero-order valence-electron chi connectivity index (χ0n) is 17.8. The summed E-state index contributed by atoms with van der Waals surface area (Å²) in [7, 11) is 1.67. The van der Waals surface area contributed by atoms with Crippen LogP contribution in [0, 0.1) is 0 Å². The first kappa shape index (κ1) is 20.9. The van der Waals surface area contributed by atoms with Crippen molar-refractivity contribution < 1.29 is 24.0 Å². The molecule has 31 heavy (non-hydrogen) atoms. The average molecular weight is 423 g/mol. The van der Waals surface area contributed by atoms with Gasteiger partial charge in [0.05, 0.1) is 51.1 Å². The highest BCUT2D eigenvalue weighted by molar-refractivity contribution is 6.21. The minimum atomic E-state index is -0.359. The van der Waals surface area contributed by atoms with Crippen LogP contribution in [0.3, 0.4) is 0 Å². The summed E-state index contributed by atoms with van der Waals surface area (Å²) in [6.45, 7) is 4.56. The molecular formula is C23H27N4O4+. The normalized spacial score (nSPS) is 19.6. The number of anilines is 3. The molecule has 0 aromatic heterocycles. The van der Waals surface area contributed by atoms with E-state index >= 15 is 0 Å². The molecule has 162 valence electrons. The van der Waals surface area contributed by atoms with Gasteiger partial charge in [0, 0.05) is 12.6 Å². The number of hydrogen-bond acceptors (Lipinski definition) is 5. The Morgan fingerprint density at radius 2 is 1.74 bits per heavy atom. The Labute approximate surface area is 181 Å². The van der Waals surface area contributed by atoms with E-state index in [1.807, 2.05) is 24.3 Å². The maximum atomic E-state index is 13.1. The molecule has 0 saturated carbocycles. The number of carbonyl (C=O) groups excluding carboxylic acids is 3. The number of piperazine rings is 1. The number of benzene rings is 2. The van der Waals surface area contributed by atoms with E-state index in [1.54, 1.807) is 31.4 Å². The Morgan fingerprint density at radius 3 is 2.39 bits per heavy atom. The van der Waals surface area contributed by atoms with E-state index in [9.17, 15) is 14.4 Å². The molecule has 2 N–H and O–H groups in total. The van der Waals surface area contributed by atoms with Crippen LogP contribution in [-0.4, -0.2) is 57.1 Å². The number of imide groups is 1. The molecule has 0 radical (unpaired) electrons. The van der Waals surface area contributed by atoms with Gasteiger partial charge in [-0.1, -0.05) is 12.1 Å². The minimum Gasteiger partial charge on any atom is -0.495 e. The molecular weight excluding hydrogens is 396 g/mol. The number of methoxy groups -OCH3 is 1. The van der Waals surface area contributed by atoms with Crippen LogP contribution in [0.2, 0.25) is 0 Å². The third-order valence-electron chi connectivity index (χ3n) is 5.92. The maximum absolute atomic E-state index is 13.1. The highest BCUT2D eigenvalue weighted by atomic mass is 16.5. The molecule has 4 rings (SSSR count). The average Bonchev–Trinajstić information content (AvgIpc) is 3.08. The number of quaternary nitrogens is 1. The Hall–Kier alpha value is -3.39. The highest BCUT2D eigenvalue weighted by Gasteiger charge is 2.46. The van der Waals surface area contributed by atoms with E-state index in [-0.39, 0.29) is 30.2 Å². The summed E-state index contributed by atoms with van der Waals surface area (Å²) in [5.74, 6) is 0.337. The number of hydrogen-bond donors (Lipinski definition) is 2. The summed E-state index contributed by atoms with van der Waals surface area (Å²) in [4.78, 5) is 41.6. The lowest BCUT2D eigenvalue weighted by molar-refractivity contribution is -0.915. The topological polar surface area (TPSA) is 83.4 Å². The van der Waals surface area contributed by atoms with E-state index in [0.717, 1.165) is 42.5 Å². The zero-order chi connectivity index (χ0) is 22.0. The largest absolute Gasteiger partial charge is 0.495 e. The lowest BCUT2D eigenvalue weighted by Crippen LogP contribution is -3.19. The summed E-state index contributed by atoms with van der Waals surface area (Å²) in [6.07, 6.45) is 0.219. The third-order valence-corrected chi connectivity index (χ3v) is 5.92. The minimum absolute atomic E-state index is 0.155. The smallest absolute Gasteiger partial charge is 0.292 e. The van der Waals surface area contributed by atoms with Crippen molar-refractivity contribution in [1.29, 1.82) is 0 Å². The quantitative estimate of drug-likeness (QED) is 0.692. The van der Waals surface area contributed by atoms with Crippen molar-refractivity contribution in [2.75, 3.05) is 48.4 Å². The molecule has 0 spiro atoms. The van der Waals surface area contributed by atoms with Gasteiger partial charge < -0.3 is 19.9 Å². The van der Waals surface area contributed by atoms with Gasteiger partial charge in [0.15, 0.2) is 6.04 Å². The zero-order valence-corrected chi connectivity index (χ0v) is 17.8.